The zero-order valence-corrected chi connectivity index (χ0v) is 14.3. The van der Waals surface area contributed by atoms with E-state index in [0.29, 0.717) is 28.0 Å². The number of methoxy groups -OCH3 is 1. The lowest BCUT2D eigenvalue weighted by Gasteiger charge is -2.08. The summed E-state index contributed by atoms with van der Waals surface area (Å²) in [6.07, 6.45) is 5.59. The summed E-state index contributed by atoms with van der Waals surface area (Å²) in [4.78, 5) is 0.731. The number of halogens is 2. The SMILES string of the molecule is COc1cccc([S+]([O-])C/[C]=C\Cc2ccc(Cl)c(Cl)c2)c1. The van der Waals surface area contributed by atoms with Crippen molar-refractivity contribution >= 4 is 34.4 Å². The van der Waals surface area contributed by atoms with Crippen molar-refractivity contribution in [1.29, 1.82) is 0 Å². The van der Waals surface area contributed by atoms with E-state index < -0.39 is 11.2 Å². The topological polar surface area (TPSA) is 32.3 Å². The summed E-state index contributed by atoms with van der Waals surface area (Å²) in [5, 5.41) is 1.07. The molecule has 0 aromatic heterocycles. The summed E-state index contributed by atoms with van der Waals surface area (Å²) >= 11 is 10.7. The van der Waals surface area contributed by atoms with Gasteiger partial charge in [-0.2, -0.15) is 0 Å². The van der Waals surface area contributed by atoms with E-state index in [1.165, 1.54) is 0 Å². The van der Waals surface area contributed by atoms with Gasteiger partial charge in [-0.1, -0.05) is 41.4 Å². The Hall–Kier alpha value is -1.13. The number of allylic oxidation sites excluding steroid dienone is 1. The van der Waals surface area contributed by atoms with E-state index in [9.17, 15) is 4.55 Å². The molecule has 115 valence electrons. The number of hydrogen-bond acceptors (Lipinski definition) is 2. The maximum Gasteiger partial charge on any atom is 0.156 e. The lowest BCUT2D eigenvalue weighted by molar-refractivity contribution is 0.413. The van der Waals surface area contributed by atoms with Crippen molar-refractivity contribution in [2.24, 2.45) is 0 Å². The maximum absolute atomic E-state index is 12.2. The van der Waals surface area contributed by atoms with Gasteiger partial charge in [0.15, 0.2) is 4.90 Å². The van der Waals surface area contributed by atoms with Gasteiger partial charge in [0.1, 0.15) is 11.5 Å². The molecule has 22 heavy (non-hydrogen) atoms. The summed E-state index contributed by atoms with van der Waals surface area (Å²) in [5.41, 5.74) is 1.04. The Morgan fingerprint density at radius 3 is 2.73 bits per heavy atom. The molecule has 0 aliphatic rings. The molecule has 0 fully saturated rings. The summed E-state index contributed by atoms with van der Waals surface area (Å²) in [5.74, 6) is 1.04. The quantitative estimate of drug-likeness (QED) is 0.704. The first kappa shape index (κ1) is 17.2. The van der Waals surface area contributed by atoms with Gasteiger partial charge in [0, 0.05) is 12.1 Å². The lowest BCUT2D eigenvalue weighted by atomic mass is 10.1. The third-order valence-corrected chi connectivity index (χ3v) is 4.93. The van der Waals surface area contributed by atoms with Crippen molar-refractivity contribution in [2.75, 3.05) is 12.9 Å². The molecular weight excluding hydrogens is 339 g/mol. The van der Waals surface area contributed by atoms with E-state index in [2.05, 4.69) is 6.08 Å². The van der Waals surface area contributed by atoms with Crippen molar-refractivity contribution in [2.45, 2.75) is 11.3 Å². The summed E-state index contributed by atoms with van der Waals surface area (Å²) < 4.78 is 17.3. The predicted octanol–water partition coefficient (Wildman–Crippen LogP) is 4.71. The van der Waals surface area contributed by atoms with Crippen molar-refractivity contribution in [3.63, 3.8) is 0 Å². The van der Waals surface area contributed by atoms with Crippen molar-refractivity contribution in [3.8, 4) is 5.75 Å². The Labute approximate surface area is 143 Å². The Morgan fingerprint density at radius 1 is 1.18 bits per heavy atom. The van der Waals surface area contributed by atoms with Crippen LogP contribution in [0.25, 0.3) is 0 Å². The van der Waals surface area contributed by atoms with E-state index in [-0.39, 0.29) is 0 Å². The fraction of sp³-hybridized carbons (Fsp3) is 0.176. The van der Waals surface area contributed by atoms with Crippen molar-refractivity contribution in [3.05, 3.63) is 70.2 Å². The Morgan fingerprint density at radius 2 is 2.00 bits per heavy atom. The molecule has 0 saturated carbocycles. The van der Waals surface area contributed by atoms with Crippen LogP contribution in [0.3, 0.4) is 0 Å². The largest absolute Gasteiger partial charge is 0.611 e. The Balaban J connectivity index is 1.89. The van der Waals surface area contributed by atoms with Crippen LogP contribution in [-0.4, -0.2) is 17.4 Å². The zero-order valence-electron chi connectivity index (χ0n) is 12.0. The molecule has 0 N–H and O–H groups in total. The molecule has 5 heteroatoms. The molecule has 1 radical (unpaired) electrons. The third-order valence-electron chi connectivity index (χ3n) is 2.98. The van der Waals surface area contributed by atoms with Gasteiger partial charge < -0.3 is 9.29 Å². The minimum Gasteiger partial charge on any atom is -0.611 e. The van der Waals surface area contributed by atoms with Crippen molar-refractivity contribution in [1.82, 2.24) is 0 Å². The molecule has 0 heterocycles. The molecule has 0 bridgehead atoms. The van der Waals surface area contributed by atoms with Crippen LogP contribution in [0.4, 0.5) is 0 Å². The Bertz CT molecular complexity index is 659. The van der Waals surface area contributed by atoms with Crippen LogP contribution in [0, 0.1) is 6.08 Å². The highest BCUT2D eigenvalue weighted by atomic mass is 35.5. The first-order valence-corrected chi connectivity index (χ1v) is 8.69. The molecule has 0 amide bonds. The van der Waals surface area contributed by atoms with Gasteiger partial charge in [-0.05, 0) is 47.4 Å². The van der Waals surface area contributed by atoms with Gasteiger partial charge >= 0.3 is 0 Å². The van der Waals surface area contributed by atoms with Crippen LogP contribution < -0.4 is 4.74 Å². The second kappa shape index (κ2) is 8.49. The van der Waals surface area contributed by atoms with Gasteiger partial charge in [0.2, 0.25) is 0 Å². The maximum atomic E-state index is 12.2. The fourth-order valence-electron chi connectivity index (χ4n) is 1.82. The molecule has 0 aliphatic carbocycles. The molecule has 0 saturated heterocycles. The van der Waals surface area contributed by atoms with Crippen molar-refractivity contribution < 1.29 is 9.29 Å². The molecule has 2 aromatic rings. The second-order valence-corrected chi connectivity index (χ2v) is 6.80. The monoisotopic (exact) mass is 353 g/mol. The standard InChI is InChI=1S/C17H15Cl2O2S/c1-21-14-6-4-7-15(12-14)22(20)10-3-2-5-13-8-9-16(18)17(19)11-13/h2,4,6-9,11-12H,5,10H2,1H3. The minimum atomic E-state index is -1.13. The lowest BCUT2D eigenvalue weighted by Crippen LogP contribution is -2.05. The molecule has 0 spiro atoms. The van der Waals surface area contributed by atoms with E-state index in [1.807, 2.05) is 36.4 Å². The highest BCUT2D eigenvalue weighted by Gasteiger charge is 2.09. The molecular formula is C17H15Cl2O2S. The van der Waals surface area contributed by atoms with Crippen LogP contribution in [0.2, 0.25) is 10.0 Å². The zero-order chi connectivity index (χ0) is 15.9. The first-order chi connectivity index (χ1) is 10.6. The molecule has 1 atom stereocenters. The number of hydrogen-bond donors (Lipinski definition) is 0. The highest BCUT2D eigenvalue weighted by molar-refractivity contribution is 7.91. The molecule has 1 unspecified atom stereocenters. The highest BCUT2D eigenvalue weighted by Crippen LogP contribution is 2.23. The fourth-order valence-corrected chi connectivity index (χ4v) is 3.05. The van der Waals surface area contributed by atoms with Gasteiger partial charge in [0.05, 0.1) is 17.2 Å². The molecule has 0 aliphatic heterocycles. The first-order valence-electron chi connectivity index (χ1n) is 6.61. The smallest absolute Gasteiger partial charge is 0.156 e. The molecule has 2 rings (SSSR count). The van der Waals surface area contributed by atoms with E-state index in [1.54, 1.807) is 19.2 Å². The number of benzene rings is 2. The van der Waals surface area contributed by atoms with E-state index in [0.717, 1.165) is 10.5 Å². The average Bonchev–Trinajstić information content (AvgIpc) is 2.54. The normalized spacial score (nSPS) is 12.5. The minimum absolute atomic E-state index is 0.342. The molecule has 2 aromatic carbocycles. The van der Waals surface area contributed by atoms with Crippen LogP contribution in [0.5, 0.6) is 5.75 Å². The van der Waals surface area contributed by atoms with E-state index >= 15 is 0 Å². The summed E-state index contributed by atoms with van der Waals surface area (Å²) in [6, 6.07) is 12.7. The van der Waals surface area contributed by atoms with Crippen LogP contribution >= 0.6 is 23.2 Å². The average molecular weight is 354 g/mol. The number of rotatable bonds is 6. The van der Waals surface area contributed by atoms with Gasteiger partial charge in [-0.25, -0.2) is 0 Å². The van der Waals surface area contributed by atoms with Gasteiger partial charge in [0.25, 0.3) is 0 Å². The Kier molecular flexibility index (Phi) is 6.65. The predicted molar refractivity (Wildman–Crippen MR) is 92.2 cm³/mol. The van der Waals surface area contributed by atoms with E-state index in [4.69, 9.17) is 27.9 Å². The van der Waals surface area contributed by atoms with Crippen LogP contribution in [-0.2, 0) is 17.6 Å². The van der Waals surface area contributed by atoms with Crippen LogP contribution in [0.1, 0.15) is 5.56 Å². The van der Waals surface area contributed by atoms with Crippen LogP contribution in [0.15, 0.2) is 53.4 Å². The third kappa shape index (κ3) is 4.96. The van der Waals surface area contributed by atoms with Gasteiger partial charge in [-0.3, -0.25) is 0 Å². The summed E-state index contributed by atoms with van der Waals surface area (Å²) in [7, 11) is 1.59. The second-order valence-electron chi connectivity index (χ2n) is 4.53. The van der Waals surface area contributed by atoms with Gasteiger partial charge in [-0.15, -0.1) is 0 Å². The molecule has 2 nitrogen and oxygen atoms in total. The number of ether oxygens (including phenoxy) is 1. The summed E-state index contributed by atoms with van der Waals surface area (Å²) in [6.45, 7) is 0.